The zero-order valence-corrected chi connectivity index (χ0v) is 12.5. The van der Waals surface area contributed by atoms with Crippen molar-refractivity contribution >= 4 is 55.0 Å². The molecule has 0 radical (unpaired) electrons. The topological polar surface area (TPSA) is 43.6 Å². The molecule has 74 valence electrons. The fourth-order valence-electron chi connectivity index (χ4n) is 1.31. The number of aromatic nitrogens is 4. The molecule has 0 N–H and O–H groups in total. The second kappa shape index (κ2) is 3.77. The maximum atomic E-state index is 4.46. The molecule has 0 aliphatic rings. The summed E-state index contributed by atoms with van der Waals surface area (Å²) in [5.74, 6) is 0. The second-order valence-electron chi connectivity index (χ2n) is 3.29. The molecule has 4 nitrogen and oxygen atoms in total. The SMILES string of the molecule is CC(C)n1nc(I)c2c([AsH2])ncnc21. The van der Waals surface area contributed by atoms with Gasteiger partial charge >= 0.3 is 105 Å². The van der Waals surface area contributed by atoms with E-state index in [-0.39, 0.29) is 0 Å². The summed E-state index contributed by atoms with van der Waals surface area (Å²) in [7, 11) is 0. The van der Waals surface area contributed by atoms with E-state index in [0.29, 0.717) is 6.04 Å². The van der Waals surface area contributed by atoms with Crippen molar-refractivity contribution in [2.24, 2.45) is 0 Å². The van der Waals surface area contributed by atoms with E-state index < -0.39 is 0 Å². The Morgan fingerprint density at radius 1 is 1.43 bits per heavy atom. The van der Waals surface area contributed by atoms with Gasteiger partial charge in [0.05, 0.1) is 0 Å². The number of fused-ring (bicyclic) bond motifs is 1. The van der Waals surface area contributed by atoms with Crippen molar-refractivity contribution in [3.8, 4) is 0 Å². The summed E-state index contributed by atoms with van der Waals surface area (Å²) in [5.41, 5.74) is 0.943. The van der Waals surface area contributed by atoms with Crippen LogP contribution in [0.15, 0.2) is 6.33 Å². The van der Waals surface area contributed by atoms with Crippen LogP contribution in [0.4, 0.5) is 0 Å². The number of nitrogens with zero attached hydrogens (tertiary/aromatic N) is 4. The predicted molar refractivity (Wildman–Crippen MR) is 66.6 cm³/mol. The Labute approximate surface area is 104 Å². The van der Waals surface area contributed by atoms with Crippen molar-refractivity contribution in [1.29, 1.82) is 0 Å². The summed E-state index contributed by atoms with van der Waals surface area (Å²) in [6.07, 6.45) is 1.61. The summed E-state index contributed by atoms with van der Waals surface area (Å²) in [6.45, 7) is 4.20. The van der Waals surface area contributed by atoms with Gasteiger partial charge < -0.3 is 0 Å². The molecule has 14 heavy (non-hydrogen) atoms. The molecule has 6 heteroatoms. The summed E-state index contributed by atoms with van der Waals surface area (Å²) < 4.78 is 3.99. The molecule has 1 unspecified atom stereocenters. The molecule has 0 amide bonds. The van der Waals surface area contributed by atoms with Crippen LogP contribution in [0.3, 0.4) is 0 Å². The zero-order chi connectivity index (χ0) is 10.3. The first-order chi connectivity index (χ1) is 6.61. The van der Waals surface area contributed by atoms with E-state index in [1.165, 1.54) is 16.9 Å². The van der Waals surface area contributed by atoms with Crippen molar-refractivity contribution in [2.45, 2.75) is 19.9 Å². The summed E-state index contributed by atoms with van der Waals surface area (Å²) in [6, 6.07) is 0.336. The molecule has 0 aliphatic carbocycles. The van der Waals surface area contributed by atoms with E-state index in [2.05, 4.69) is 51.5 Å². The first kappa shape index (κ1) is 10.4. The number of hydrogen-bond acceptors (Lipinski definition) is 3. The van der Waals surface area contributed by atoms with Gasteiger partial charge in [-0.15, -0.1) is 0 Å². The normalized spacial score (nSPS) is 11.5. The average Bonchev–Trinajstić information content (AvgIpc) is 2.45. The van der Waals surface area contributed by atoms with Gasteiger partial charge in [0.25, 0.3) is 0 Å². The van der Waals surface area contributed by atoms with Crippen LogP contribution >= 0.6 is 22.6 Å². The van der Waals surface area contributed by atoms with E-state index in [1.54, 1.807) is 6.33 Å². The molecular formula is C8H10AsIN4. The molecule has 2 aromatic rings. The Bertz CT molecular complexity index is 479. The summed E-state index contributed by atoms with van der Waals surface area (Å²) in [5, 5.41) is 5.56. The van der Waals surface area contributed by atoms with E-state index >= 15 is 0 Å². The Morgan fingerprint density at radius 2 is 2.14 bits per heavy atom. The van der Waals surface area contributed by atoms with Gasteiger partial charge in [0.1, 0.15) is 0 Å². The third kappa shape index (κ3) is 1.56. The molecular weight excluding hydrogens is 354 g/mol. The Morgan fingerprint density at radius 3 is 2.79 bits per heavy atom. The predicted octanol–water partition coefficient (Wildman–Crippen LogP) is 0.270. The molecule has 0 saturated heterocycles. The molecule has 1 atom stereocenters. The van der Waals surface area contributed by atoms with Gasteiger partial charge in [-0.05, 0) is 0 Å². The van der Waals surface area contributed by atoms with Gasteiger partial charge in [-0.3, -0.25) is 0 Å². The van der Waals surface area contributed by atoms with Gasteiger partial charge in [-0.2, -0.15) is 0 Å². The van der Waals surface area contributed by atoms with Crippen LogP contribution in [-0.4, -0.2) is 36.6 Å². The van der Waals surface area contributed by atoms with Crippen molar-refractivity contribution in [3.63, 3.8) is 0 Å². The quantitative estimate of drug-likeness (QED) is 0.539. The fraction of sp³-hybridized carbons (Fsp3) is 0.375. The second-order valence-corrected chi connectivity index (χ2v) is 5.46. The van der Waals surface area contributed by atoms with Crippen molar-refractivity contribution in [2.75, 3.05) is 0 Å². The van der Waals surface area contributed by atoms with Gasteiger partial charge in [0.15, 0.2) is 0 Å². The average molecular weight is 364 g/mol. The molecule has 0 aromatic carbocycles. The van der Waals surface area contributed by atoms with Crippen LogP contribution in [0, 0.1) is 3.70 Å². The summed E-state index contributed by atoms with van der Waals surface area (Å²) in [4.78, 5) is 8.48. The molecule has 0 fully saturated rings. The molecule has 2 aromatic heterocycles. The van der Waals surface area contributed by atoms with Gasteiger partial charge in [0.2, 0.25) is 0 Å². The van der Waals surface area contributed by atoms with Crippen LogP contribution in [-0.2, 0) is 0 Å². The molecule has 0 saturated carbocycles. The van der Waals surface area contributed by atoms with E-state index in [1.807, 2.05) is 4.68 Å². The standard InChI is InChI=1S/C8H10AsIN4/c1-4(2)14-8-5(7(10)13-14)6(9)11-3-12-8/h3-4H,9H2,1-2H3. The first-order valence-corrected chi connectivity index (χ1v) is 6.54. The van der Waals surface area contributed by atoms with Crippen molar-refractivity contribution < 1.29 is 0 Å². The molecule has 2 rings (SSSR count). The van der Waals surface area contributed by atoms with Crippen LogP contribution < -0.4 is 4.48 Å². The van der Waals surface area contributed by atoms with Gasteiger partial charge in [-0.25, -0.2) is 0 Å². The summed E-state index contributed by atoms with van der Waals surface area (Å²) >= 11 is 3.75. The Hall–Kier alpha value is -0.162. The number of hydrogen-bond donors (Lipinski definition) is 0. The van der Waals surface area contributed by atoms with Crippen LogP contribution in [0.5, 0.6) is 0 Å². The molecule has 0 bridgehead atoms. The van der Waals surface area contributed by atoms with E-state index in [9.17, 15) is 0 Å². The van der Waals surface area contributed by atoms with Gasteiger partial charge in [-0.1, -0.05) is 0 Å². The van der Waals surface area contributed by atoms with Crippen LogP contribution in [0.2, 0.25) is 0 Å². The van der Waals surface area contributed by atoms with Crippen LogP contribution in [0.25, 0.3) is 11.0 Å². The zero-order valence-electron chi connectivity index (χ0n) is 7.90. The molecule has 0 aliphatic heterocycles. The Kier molecular flexibility index (Phi) is 2.79. The first-order valence-electron chi connectivity index (χ1n) is 4.25. The van der Waals surface area contributed by atoms with Crippen molar-refractivity contribution in [3.05, 3.63) is 10.0 Å². The maximum absolute atomic E-state index is 4.46. The minimum atomic E-state index is 0.336. The fourth-order valence-corrected chi connectivity index (χ4v) is 3.38. The van der Waals surface area contributed by atoms with Crippen molar-refractivity contribution in [1.82, 2.24) is 19.7 Å². The molecule has 2 heterocycles. The molecule has 0 spiro atoms. The third-order valence-electron chi connectivity index (χ3n) is 1.96. The Balaban J connectivity index is 2.84. The number of rotatable bonds is 1. The third-order valence-corrected chi connectivity index (χ3v) is 3.64. The van der Waals surface area contributed by atoms with Gasteiger partial charge in [0, 0.05) is 0 Å². The van der Waals surface area contributed by atoms with E-state index in [4.69, 9.17) is 0 Å². The van der Waals surface area contributed by atoms with E-state index in [0.717, 1.165) is 19.2 Å². The minimum absolute atomic E-state index is 0.336. The van der Waals surface area contributed by atoms with Crippen LogP contribution in [0.1, 0.15) is 19.9 Å². The number of halogens is 1. The monoisotopic (exact) mass is 364 g/mol.